The molecule has 1 fully saturated rings. The van der Waals surface area contributed by atoms with Gasteiger partial charge in [0.15, 0.2) is 11.7 Å². The second-order valence-corrected chi connectivity index (χ2v) is 10.8. The Kier molecular flexibility index (Phi) is 7.63. The number of hydrogen-bond donors (Lipinski definition) is 3. The van der Waals surface area contributed by atoms with E-state index >= 15 is 0 Å². The number of amides is 3. The Balaban J connectivity index is 1.75. The molecule has 0 radical (unpaired) electrons. The first-order valence-electron chi connectivity index (χ1n) is 12.1. The summed E-state index contributed by atoms with van der Waals surface area (Å²) in [7, 11) is 0. The molecule has 1 aromatic carbocycles. The van der Waals surface area contributed by atoms with Gasteiger partial charge in [-0.1, -0.05) is 12.8 Å². The summed E-state index contributed by atoms with van der Waals surface area (Å²) in [6.07, 6.45) is 5.24. The number of aromatic nitrogens is 1. The Morgan fingerprint density at radius 2 is 1.84 bits per heavy atom. The minimum absolute atomic E-state index is 0.0130. The lowest BCUT2D eigenvalue weighted by Gasteiger charge is -2.32. The topological polar surface area (TPSA) is 131 Å². The van der Waals surface area contributed by atoms with Crippen molar-refractivity contribution in [2.45, 2.75) is 64.1 Å². The largest absolute Gasteiger partial charge is 0.467 e. The summed E-state index contributed by atoms with van der Waals surface area (Å²) in [6, 6.07) is 7.13. The molecule has 1 aliphatic rings. The van der Waals surface area contributed by atoms with Crippen molar-refractivity contribution in [3.63, 3.8) is 0 Å². The highest BCUT2D eigenvalue weighted by atomic mass is 32.1. The molecule has 0 unspecified atom stereocenters. The second-order valence-electron chi connectivity index (χ2n) is 10.0. The van der Waals surface area contributed by atoms with Crippen LogP contribution >= 0.6 is 11.5 Å². The summed E-state index contributed by atoms with van der Waals surface area (Å²) in [5.74, 6) is -1.94. The van der Waals surface area contributed by atoms with Crippen LogP contribution in [0.1, 0.15) is 78.4 Å². The van der Waals surface area contributed by atoms with Gasteiger partial charge in [0.1, 0.15) is 16.5 Å². The van der Waals surface area contributed by atoms with Crippen LogP contribution in [0.15, 0.2) is 47.1 Å². The molecule has 4 rings (SSSR count). The molecule has 2 aromatic heterocycles. The number of nitrogen functional groups attached to an aromatic ring is 1. The Hall–Kier alpha value is -3.73. The van der Waals surface area contributed by atoms with Gasteiger partial charge in [0.2, 0.25) is 0 Å². The summed E-state index contributed by atoms with van der Waals surface area (Å²) in [5, 5.41) is 5.80. The van der Waals surface area contributed by atoms with Crippen molar-refractivity contribution in [2.24, 2.45) is 0 Å². The minimum Gasteiger partial charge on any atom is -0.467 e. The summed E-state index contributed by atoms with van der Waals surface area (Å²) in [6.45, 7) is 5.43. The third-order valence-corrected chi connectivity index (χ3v) is 6.82. The lowest BCUT2D eigenvalue weighted by molar-refractivity contribution is -0.124. The molecule has 11 heteroatoms. The maximum Gasteiger partial charge on any atom is 0.273 e. The van der Waals surface area contributed by atoms with Crippen LogP contribution in [-0.4, -0.2) is 33.7 Å². The van der Waals surface area contributed by atoms with Gasteiger partial charge in [-0.25, -0.2) is 4.39 Å². The molecule has 1 aliphatic carbocycles. The van der Waals surface area contributed by atoms with Crippen LogP contribution in [0.25, 0.3) is 0 Å². The van der Waals surface area contributed by atoms with Gasteiger partial charge in [0.05, 0.1) is 12.0 Å². The fourth-order valence-electron chi connectivity index (χ4n) is 4.29. The van der Waals surface area contributed by atoms with Crippen LogP contribution in [0.4, 0.5) is 15.8 Å². The number of hydrogen-bond acceptors (Lipinski definition) is 7. The summed E-state index contributed by atoms with van der Waals surface area (Å²) in [4.78, 5) is 41.5. The van der Waals surface area contributed by atoms with Crippen molar-refractivity contribution in [3.8, 4) is 0 Å². The summed E-state index contributed by atoms with van der Waals surface area (Å²) >= 11 is 0.773. The number of anilines is 2. The van der Waals surface area contributed by atoms with E-state index in [9.17, 15) is 18.8 Å². The number of carbonyl (C=O) groups excluding carboxylic acids is 3. The maximum absolute atomic E-state index is 14.0. The Morgan fingerprint density at radius 3 is 2.43 bits per heavy atom. The van der Waals surface area contributed by atoms with Gasteiger partial charge >= 0.3 is 0 Å². The number of benzene rings is 1. The van der Waals surface area contributed by atoms with Gasteiger partial charge in [-0.05, 0) is 81.5 Å². The molecule has 37 heavy (non-hydrogen) atoms. The maximum atomic E-state index is 14.0. The summed E-state index contributed by atoms with van der Waals surface area (Å²) < 4.78 is 23.5. The van der Waals surface area contributed by atoms with Crippen molar-refractivity contribution < 1.29 is 23.2 Å². The number of nitrogens with one attached hydrogen (secondary N) is 2. The van der Waals surface area contributed by atoms with Crippen LogP contribution in [0.5, 0.6) is 0 Å². The number of halogens is 1. The molecule has 0 spiro atoms. The van der Waals surface area contributed by atoms with Crippen molar-refractivity contribution in [1.29, 1.82) is 0 Å². The molecule has 1 atom stereocenters. The van der Waals surface area contributed by atoms with Crippen LogP contribution in [0, 0.1) is 5.82 Å². The van der Waals surface area contributed by atoms with E-state index in [-0.39, 0.29) is 33.7 Å². The third-order valence-electron chi connectivity index (χ3n) is 5.97. The van der Waals surface area contributed by atoms with Crippen molar-refractivity contribution in [1.82, 2.24) is 15.0 Å². The highest BCUT2D eigenvalue weighted by Gasteiger charge is 2.39. The second kappa shape index (κ2) is 10.7. The molecule has 0 bridgehead atoms. The SMILES string of the molecule is CC(C)(C)NC(=O)[C@H](c1ccco1)N(C(=O)c1snc(C(=O)NC2CCCC2)c1N)c1ccc(F)cc1. The molecule has 3 aromatic rings. The van der Waals surface area contributed by atoms with Gasteiger partial charge < -0.3 is 20.8 Å². The minimum atomic E-state index is -1.25. The zero-order valence-corrected chi connectivity index (χ0v) is 21.7. The predicted octanol–water partition coefficient (Wildman–Crippen LogP) is 4.43. The zero-order valence-electron chi connectivity index (χ0n) is 20.9. The van der Waals surface area contributed by atoms with Crippen molar-refractivity contribution in [2.75, 3.05) is 10.6 Å². The van der Waals surface area contributed by atoms with E-state index in [0.29, 0.717) is 0 Å². The number of nitrogens with two attached hydrogens (primary N) is 1. The molecule has 0 aliphatic heterocycles. The number of furan rings is 1. The van der Waals surface area contributed by atoms with Crippen molar-refractivity contribution in [3.05, 3.63) is 64.8 Å². The summed E-state index contributed by atoms with van der Waals surface area (Å²) in [5.41, 5.74) is 5.78. The fraction of sp³-hybridized carbons (Fsp3) is 0.385. The smallest absolute Gasteiger partial charge is 0.273 e. The van der Waals surface area contributed by atoms with E-state index in [1.54, 1.807) is 12.1 Å². The van der Waals surface area contributed by atoms with Crippen LogP contribution in [0.3, 0.4) is 0 Å². The molecule has 0 saturated heterocycles. The Labute approximate surface area is 218 Å². The average molecular weight is 528 g/mol. The first-order chi connectivity index (χ1) is 17.5. The average Bonchev–Trinajstić information content (AvgIpc) is 3.59. The van der Waals surface area contributed by atoms with Crippen LogP contribution in [-0.2, 0) is 4.79 Å². The van der Waals surface area contributed by atoms with E-state index in [2.05, 4.69) is 15.0 Å². The van der Waals surface area contributed by atoms with E-state index in [1.807, 2.05) is 20.8 Å². The van der Waals surface area contributed by atoms with E-state index in [4.69, 9.17) is 10.2 Å². The Morgan fingerprint density at radius 1 is 1.16 bits per heavy atom. The number of carbonyl (C=O) groups is 3. The monoisotopic (exact) mass is 527 g/mol. The molecule has 1 saturated carbocycles. The van der Waals surface area contributed by atoms with Gasteiger partial charge in [-0.2, -0.15) is 4.37 Å². The van der Waals surface area contributed by atoms with Crippen molar-refractivity contribution >= 4 is 40.6 Å². The first-order valence-corrected chi connectivity index (χ1v) is 12.8. The van der Waals surface area contributed by atoms with Gasteiger partial charge in [0, 0.05) is 17.3 Å². The molecule has 2 heterocycles. The lowest BCUT2D eigenvalue weighted by Crippen LogP contribution is -2.49. The normalized spacial score (nSPS) is 14.8. The van der Waals surface area contributed by atoms with Crippen LogP contribution in [0.2, 0.25) is 0 Å². The van der Waals surface area contributed by atoms with Gasteiger partial charge in [-0.3, -0.25) is 19.3 Å². The molecule has 4 N–H and O–H groups in total. The quantitative estimate of drug-likeness (QED) is 0.417. The standard InChI is InChI=1S/C26H30FN5O4S/c1-26(2,3)30-24(34)21(18-9-6-14-36-18)32(17-12-10-15(27)11-13-17)25(35)22-19(28)20(31-37-22)23(33)29-16-7-4-5-8-16/h6,9-14,16,21H,4-5,7-8,28H2,1-3H3,(H,29,33)(H,30,34)/t21-/m0/s1. The van der Waals surface area contributed by atoms with Crippen LogP contribution < -0.4 is 21.3 Å². The molecule has 3 amide bonds. The van der Waals surface area contributed by atoms with E-state index < -0.39 is 35.1 Å². The highest BCUT2D eigenvalue weighted by Crippen LogP contribution is 2.34. The lowest BCUT2D eigenvalue weighted by atomic mass is 10.1. The molecular weight excluding hydrogens is 497 g/mol. The zero-order chi connectivity index (χ0) is 26.7. The van der Waals surface area contributed by atoms with Gasteiger partial charge in [-0.15, -0.1) is 0 Å². The highest BCUT2D eigenvalue weighted by molar-refractivity contribution is 7.09. The molecule has 9 nitrogen and oxygen atoms in total. The molecular formula is C26H30FN5O4S. The fourth-order valence-corrected chi connectivity index (χ4v) is 5.03. The number of rotatable bonds is 7. The number of nitrogens with zero attached hydrogens (tertiary/aromatic N) is 2. The first kappa shape index (κ1) is 26.3. The Bertz CT molecular complexity index is 1260. The predicted molar refractivity (Wildman–Crippen MR) is 139 cm³/mol. The third kappa shape index (κ3) is 5.99. The molecule has 196 valence electrons. The van der Waals surface area contributed by atoms with Gasteiger partial charge in [0.25, 0.3) is 17.7 Å². The van der Waals surface area contributed by atoms with E-state index in [1.165, 1.54) is 35.4 Å². The van der Waals surface area contributed by atoms with E-state index in [0.717, 1.165) is 37.2 Å².